The fourth-order valence-electron chi connectivity index (χ4n) is 4.13. The molecule has 8 nitrogen and oxygen atoms in total. The highest BCUT2D eigenvalue weighted by atomic mass is 35.5. The summed E-state index contributed by atoms with van der Waals surface area (Å²) in [5.74, 6) is 1.13. The average molecular weight is 522 g/mol. The number of para-hydroxylation sites is 2. The van der Waals surface area contributed by atoms with E-state index in [0.717, 1.165) is 5.56 Å². The van der Waals surface area contributed by atoms with E-state index in [-0.39, 0.29) is 11.7 Å². The van der Waals surface area contributed by atoms with Crippen molar-refractivity contribution in [3.05, 3.63) is 93.6 Å². The second-order valence-electron chi connectivity index (χ2n) is 8.14. The number of rotatable bonds is 5. The zero-order chi connectivity index (χ0) is 25.4. The van der Waals surface area contributed by atoms with Crippen molar-refractivity contribution < 1.29 is 14.6 Å². The van der Waals surface area contributed by atoms with Crippen molar-refractivity contribution in [2.45, 2.75) is 13.0 Å². The zero-order valence-electron chi connectivity index (χ0n) is 19.3. The highest BCUT2D eigenvalue weighted by Gasteiger charge is 2.35. The number of nitrogens with zero attached hydrogens (tertiary/aromatic N) is 3. The maximum atomic E-state index is 13.7. The molecule has 1 atom stereocenters. The Labute approximate surface area is 217 Å². The van der Waals surface area contributed by atoms with E-state index < -0.39 is 6.04 Å². The summed E-state index contributed by atoms with van der Waals surface area (Å²) in [7, 11) is 1.54. The predicted octanol–water partition coefficient (Wildman–Crippen LogP) is 5.89. The number of amides is 1. The predicted molar refractivity (Wildman–Crippen MR) is 140 cm³/mol. The van der Waals surface area contributed by atoms with Gasteiger partial charge in [0.05, 0.1) is 23.4 Å². The van der Waals surface area contributed by atoms with Gasteiger partial charge >= 0.3 is 0 Å². The van der Waals surface area contributed by atoms with Gasteiger partial charge in [-0.25, -0.2) is 4.68 Å². The number of aromatic nitrogens is 3. The summed E-state index contributed by atoms with van der Waals surface area (Å²) in [6.45, 7) is 1.80. The third kappa shape index (κ3) is 4.36. The number of hydrogen-bond acceptors (Lipinski definition) is 6. The first-order valence-electron chi connectivity index (χ1n) is 11.0. The lowest BCUT2D eigenvalue weighted by atomic mass is 9.95. The molecule has 0 spiro atoms. The standard InChI is InChI=1S/C26H21Cl2N5O3/c1-14-22(25(35)30-20-5-3-4-6-21(20)36-2)23(15-7-10-17(34)11-8-15)33-26(29-14)31-24(32-33)18-12-9-16(27)13-19(18)28/h3-13,23,34H,1-2H3,(H,30,35)(H,29,31,32). The van der Waals surface area contributed by atoms with Crippen molar-refractivity contribution in [1.29, 1.82) is 0 Å². The summed E-state index contributed by atoms with van der Waals surface area (Å²) in [6.07, 6.45) is 0. The van der Waals surface area contributed by atoms with E-state index in [1.54, 1.807) is 73.3 Å². The number of carbonyl (C=O) groups is 1. The summed E-state index contributed by atoms with van der Waals surface area (Å²) < 4.78 is 7.03. The normalized spacial score (nSPS) is 14.7. The lowest BCUT2D eigenvalue weighted by Gasteiger charge is -2.28. The molecule has 182 valence electrons. The molecule has 36 heavy (non-hydrogen) atoms. The lowest BCUT2D eigenvalue weighted by molar-refractivity contribution is -0.113. The molecule has 0 aliphatic carbocycles. The third-order valence-corrected chi connectivity index (χ3v) is 6.38. The van der Waals surface area contributed by atoms with Crippen LogP contribution in [0.4, 0.5) is 11.6 Å². The number of methoxy groups -OCH3 is 1. The number of anilines is 2. The van der Waals surface area contributed by atoms with Gasteiger partial charge in [0, 0.05) is 16.3 Å². The van der Waals surface area contributed by atoms with Crippen LogP contribution in [-0.2, 0) is 4.79 Å². The van der Waals surface area contributed by atoms with Crippen molar-refractivity contribution in [1.82, 2.24) is 14.8 Å². The summed E-state index contributed by atoms with van der Waals surface area (Å²) in [5.41, 5.74) is 2.91. The first-order chi connectivity index (χ1) is 17.4. The maximum Gasteiger partial charge on any atom is 0.255 e. The molecule has 3 aromatic carbocycles. The van der Waals surface area contributed by atoms with Gasteiger partial charge in [0.2, 0.25) is 5.95 Å². The van der Waals surface area contributed by atoms with E-state index >= 15 is 0 Å². The van der Waals surface area contributed by atoms with E-state index in [1.165, 1.54) is 0 Å². The van der Waals surface area contributed by atoms with E-state index in [9.17, 15) is 9.90 Å². The number of phenolic OH excluding ortho intramolecular Hbond substituents is 1. The molecule has 0 saturated carbocycles. The van der Waals surface area contributed by atoms with Crippen LogP contribution in [-0.4, -0.2) is 32.9 Å². The number of hydrogen-bond donors (Lipinski definition) is 3. The molecule has 1 aliphatic heterocycles. The van der Waals surface area contributed by atoms with Crippen LogP contribution in [0, 0.1) is 0 Å². The van der Waals surface area contributed by atoms with Crippen LogP contribution >= 0.6 is 23.2 Å². The molecule has 4 aromatic rings. The highest BCUT2D eigenvalue weighted by Crippen LogP contribution is 2.39. The molecule has 0 fully saturated rings. The molecule has 5 rings (SSSR count). The minimum atomic E-state index is -0.635. The minimum absolute atomic E-state index is 0.112. The Balaban J connectivity index is 1.61. The third-order valence-electron chi connectivity index (χ3n) is 5.83. The van der Waals surface area contributed by atoms with E-state index in [2.05, 4.69) is 15.6 Å². The Kier molecular flexibility index (Phi) is 6.30. The fraction of sp³-hybridized carbons (Fsp3) is 0.115. The molecule has 10 heteroatoms. The van der Waals surface area contributed by atoms with Gasteiger partial charge in [-0.3, -0.25) is 4.79 Å². The Hall–Kier alpha value is -4.01. The van der Waals surface area contributed by atoms with E-state index in [0.29, 0.717) is 50.1 Å². The molecule has 1 unspecified atom stereocenters. The quantitative estimate of drug-likeness (QED) is 0.302. The monoisotopic (exact) mass is 521 g/mol. The van der Waals surface area contributed by atoms with Gasteiger partial charge in [-0.2, -0.15) is 4.98 Å². The van der Waals surface area contributed by atoms with Crippen molar-refractivity contribution in [3.63, 3.8) is 0 Å². The number of halogens is 2. The molecule has 0 saturated heterocycles. The van der Waals surface area contributed by atoms with Gasteiger partial charge in [0.15, 0.2) is 5.82 Å². The van der Waals surface area contributed by atoms with Gasteiger partial charge in [0.25, 0.3) is 5.91 Å². The summed E-state index contributed by atoms with van der Waals surface area (Å²) in [6, 6.07) is 18.2. The number of phenols is 1. The summed E-state index contributed by atoms with van der Waals surface area (Å²) in [5, 5.41) is 21.6. The Morgan fingerprint density at radius 1 is 1.11 bits per heavy atom. The van der Waals surface area contributed by atoms with Crippen molar-refractivity contribution in [2.24, 2.45) is 0 Å². The highest BCUT2D eigenvalue weighted by molar-refractivity contribution is 6.36. The molecule has 2 heterocycles. The van der Waals surface area contributed by atoms with Crippen LogP contribution < -0.4 is 15.4 Å². The maximum absolute atomic E-state index is 13.7. The van der Waals surface area contributed by atoms with Gasteiger partial charge in [-0.15, -0.1) is 5.10 Å². The molecular weight excluding hydrogens is 501 g/mol. The van der Waals surface area contributed by atoms with Gasteiger partial charge in [-0.1, -0.05) is 47.5 Å². The second kappa shape index (κ2) is 9.56. The van der Waals surface area contributed by atoms with Crippen LogP contribution in [0.15, 0.2) is 78.0 Å². The number of carbonyl (C=O) groups excluding carboxylic acids is 1. The number of fused-ring (bicyclic) bond motifs is 1. The van der Waals surface area contributed by atoms with E-state index in [4.69, 9.17) is 33.0 Å². The Morgan fingerprint density at radius 3 is 2.58 bits per heavy atom. The van der Waals surface area contributed by atoms with Crippen molar-refractivity contribution in [2.75, 3.05) is 17.7 Å². The zero-order valence-corrected chi connectivity index (χ0v) is 20.8. The molecule has 1 aromatic heterocycles. The first-order valence-corrected chi connectivity index (χ1v) is 11.7. The van der Waals surface area contributed by atoms with Crippen molar-refractivity contribution >= 4 is 40.7 Å². The van der Waals surface area contributed by atoms with Gasteiger partial charge in [0.1, 0.15) is 17.5 Å². The number of nitrogens with one attached hydrogen (secondary N) is 2. The van der Waals surface area contributed by atoms with Crippen LogP contribution in [0.1, 0.15) is 18.5 Å². The van der Waals surface area contributed by atoms with Crippen molar-refractivity contribution in [3.8, 4) is 22.9 Å². The topological polar surface area (TPSA) is 101 Å². The molecule has 3 N–H and O–H groups in total. The molecule has 0 radical (unpaired) electrons. The lowest BCUT2D eigenvalue weighted by Crippen LogP contribution is -2.31. The van der Waals surface area contributed by atoms with Crippen LogP contribution in [0.5, 0.6) is 11.5 Å². The summed E-state index contributed by atoms with van der Waals surface area (Å²) in [4.78, 5) is 18.3. The summed E-state index contributed by atoms with van der Waals surface area (Å²) >= 11 is 12.5. The molecular formula is C26H21Cl2N5O3. The SMILES string of the molecule is COc1ccccc1NC(=O)C1=C(C)Nc2nc(-c3ccc(Cl)cc3Cl)nn2C1c1ccc(O)cc1. The first kappa shape index (κ1) is 23.7. The molecule has 0 bridgehead atoms. The largest absolute Gasteiger partial charge is 0.508 e. The number of aromatic hydroxyl groups is 1. The van der Waals surface area contributed by atoms with Gasteiger partial charge in [-0.05, 0) is 55.0 Å². The van der Waals surface area contributed by atoms with Crippen LogP contribution in [0.2, 0.25) is 10.0 Å². The van der Waals surface area contributed by atoms with Crippen LogP contribution in [0.3, 0.4) is 0 Å². The van der Waals surface area contributed by atoms with E-state index in [1.807, 2.05) is 12.1 Å². The van der Waals surface area contributed by atoms with Gasteiger partial charge < -0.3 is 20.5 Å². The smallest absolute Gasteiger partial charge is 0.255 e. The minimum Gasteiger partial charge on any atom is -0.508 e. The molecule has 1 aliphatic rings. The molecule has 1 amide bonds. The van der Waals surface area contributed by atoms with Crippen LogP contribution in [0.25, 0.3) is 11.4 Å². The second-order valence-corrected chi connectivity index (χ2v) is 8.98. The Bertz CT molecular complexity index is 1500. The number of ether oxygens (including phenoxy) is 1. The Morgan fingerprint density at radius 2 is 1.86 bits per heavy atom. The number of allylic oxidation sites excluding steroid dienone is 1. The number of benzene rings is 3. The average Bonchev–Trinajstić information content (AvgIpc) is 3.27. The fourth-order valence-corrected chi connectivity index (χ4v) is 4.63.